The minimum atomic E-state index is -0.549. The van der Waals surface area contributed by atoms with Gasteiger partial charge in [-0.1, -0.05) is 49.6 Å². The van der Waals surface area contributed by atoms with Crippen molar-refractivity contribution in [1.82, 2.24) is 4.90 Å². The molecule has 0 saturated heterocycles. The SMILES string of the molecule is CCN(C(=O)c1cc2c(ccc3ccccc32)oc1=O)C1CCCCC1. The zero-order chi connectivity index (χ0) is 18.1. The first-order valence-corrected chi connectivity index (χ1v) is 9.45. The summed E-state index contributed by atoms with van der Waals surface area (Å²) in [6.45, 7) is 2.58. The van der Waals surface area contributed by atoms with Crippen LogP contribution in [0.2, 0.25) is 0 Å². The standard InChI is InChI=1S/C22H23NO3/c1-2-23(16-9-4-3-5-10-16)21(24)19-14-18-17-11-7-6-8-15(17)12-13-20(18)26-22(19)25/h6-8,11-14,16H,2-5,9-10H2,1H3. The predicted molar refractivity (Wildman–Crippen MR) is 104 cm³/mol. The molecule has 1 aromatic heterocycles. The second-order valence-corrected chi connectivity index (χ2v) is 7.03. The Bertz CT molecular complexity index is 1010. The van der Waals surface area contributed by atoms with E-state index in [2.05, 4.69) is 0 Å². The lowest BCUT2D eigenvalue weighted by Crippen LogP contribution is -2.42. The van der Waals surface area contributed by atoms with Crippen LogP contribution >= 0.6 is 0 Å². The molecule has 4 heteroatoms. The number of amides is 1. The second kappa shape index (κ2) is 6.94. The first kappa shape index (κ1) is 16.8. The van der Waals surface area contributed by atoms with Crippen LogP contribution in [0.1, 0.15) is 49.4 Å². The number of hydrogen-bond acceptors (Lipinski definition) is 3. The molecule has 0 spiro atoms. The van der Waals surface area contributed by atoms with Gasteiger partial charge in [0.05, 0.1) is 0 Å². The van der Waals surface area contributed by atoms with Crippen molar-refractivity contribution < 1.29 is 9.21 Å². The third kappa shape index (κ3) is 2.90. The summed E-state index contributed by atoms with van der Waals surface area (Å²) in [6, 6.07) is 13.6. The monoisotopic (exact) mass is 349 g/mol. The van der Waals surface area contributed by atoms with E-state index in [1.54, 1.807) is 12.1 Å². The quantitative estimate of drug-likeness (QED) is 0.507. The average Bonchev–Trinajstić information content (AvgIpc) is 2.68. The lowest BCUT2D eigenvalue weighted by atomic mass is 9.93. The van der Waals surface area contributed by atoms with E-state index in [4.69, 9.17) is 4.42 Å². The van der Waals surface area contributed by atoms with Crippen LogP contribution in [-0.2, 0) is 0 Å². The van der Waals surface area contributed by atoms with Crippen molar-refractivity contribution in [2.75, 3.05) is 6.54 Å². The Balaban J connectivity index is 1.82. The molecule has 0 radical (unpaired) electrons. The molecule has 1 fully saturated rings. The maximum Gasteiger partial charge on any atom is 0.349 e. The fourth-order valence-electron chi connectivity index (χ4n) is 4.14. The molecular formula is C22H23NO3. The zero-order valence-electron chi connectivity index (χ0n) is 15.0. The molecule has 0 bridgehead atoms. The van der Waals surface area contributed by atoms with E-state index < -0.39 is 5.63 Å². The summed E-state index contributed by atoms with van der Waals surface area (Å²) < 4.78 is 5.50. The number of carbonyl (C=O) groups excluding carboxylic acids is 1. The Morgan fingerprint density at radius 3 is 2.62 bits per heavy atom. The molecule has 0 atom stereocenters. The molecule has 0 unspecified atom stereocenters. The first-order chi connectivity index (χ1) is 12.7. The number of hydrogen-bond donors (Lipinski definition) is 0. The van der Waals surface area contributed by atoms with E-state index in [-0.39, 0.29) is 17.5 Å². The van der Waals surface area contributed by atoms with E-state index in [0.717, 1.165) is 41.8 Å². The third-order valence-electron chi connectivity index (χ3n) is 5.49. The van der Waals surface area contributed by atoms with E-state index in [1.165, 1.54) is 6.42 Å². The van der Waals surface area contributed by atoms with Crippen LogP contribution in [-0.4, -0.2) is 23.4 Å². The molecule has 1 saturated carbocycles. The highest BCUT2D eigenvalue weighted by Gasteiger charge is 2.27. The van der Waals surface area contributed by atoms with Crippen LogP contribution in [0.5, 0.6) is 0 Å². The molecular weight excluding hydrogens is 326 g/mol. The Hall–Kier alpha value is -2.62. The van der Waals surface area contributed by atoms with Gasteiger partial charge >= 0.3 is 5.63 Å². The van der Waals surface area contributed by atoms with Crippen LogP contribution < -0.4 is 5.63 Å². The van der Waals surface area contributed by atoms with Crippen LogP contribution in [0, 0.1) is 0 Å². The van der Waals surface area contributed by atoms with Gasteiger partial charge in [0, 0.05) is 18.0 Å². The van der Waals surface area contributed by atoms with Gasteiger partial charge in [-0.25, -0.2) is 4.79 Å². The van der Waals surface area contributed by atoms with Gasteiger partial charge in [0.1, 0.15) is 11.1 Å². The molecule has 2 aromatic carbocycles. The molecule has 3 aromatic rings. The van der Waals surface area contributed by atoms with Gasteiger partial charge in [-0.3, -0.25) is 4.79 Å². The molecule has 4 rings (SSSR count). The fraction of sp³-hybridized carbons (Fsp3) is 0.364. The van der Waals surface area contributed by atoms with Gasteiger partial charge in [0.25, 0.3) is 5.91 Å². The molecule has 0 N–H and O–H groups in total. The Labute approximate surface area is 152 Å². The zero-order valence-corrected chi connectivity index (χ0v) is 15.0. The highest BCUT2D eigenvalue weighted by Crippen LogP contribution is 2.27. The lowest BCUT2D eigenvalue weighted by molar-refractivity contribution is 0.0644. The van der Waals surface area contributed by atoms with Crippen molar-refractivity contribution in [3.8, 4) is 0 Å². The first-order valence-electron chi connectivity index (χ1n) is 9.45. The van der Waals surface area contributed by atoms with Crippen molar-refractivity contribution in [2.45, 2.75) is 45.1 Å². The van der Waals surface area contributed by atoms with E-state index >= 15 is 0 Å². The van der Waals surface area contributed by atoms with Gasteiger partial charge in [0.15, 0.2) is 0 Å². The normalized spacial score (nSPS) is 15.4. The van der Waals surface area contributed by atoms with E-state index in [1.807, 2.05) is 42.2 Å². The summed E-state index contributed by atoms with van der Waals surface area (Å²) in [5.74, 6) is -0.206. The van der Waals surface area contributed by atoms with Crippen molar-refractivity contribution in [3.05, 3.63) is 58.4 Å². The topological polar surface area (TPSA) is 50.5 Å². The molecule has 4 nitrogen and oxygen atoms in total. The third-order valence-corrected chi connectivity index (χ3v) is 5.49. The number of rotatable bonds is 3. The van der Waals surface area contributed by atoms with Gasteiger partial charge < -0.3 is 9.32 Å². The molecule has 1 aliphatic rings. The van der Waals surface area contributed by atoms with Crippen LogP contribution in [0.15, 0.2) is 51.7 Å². The Morgan fingerprint density at radius 1 is 1.08 bits per heavy atom. The van der Waals surface area contributed by atoms with Gasteiger partial charge in [-0.05, 0) is 42.7 Å². The number of carbonyl (C=O) groups is 1. The lowest BCUT2D eigenvalue weighted by Gasteiger charge is -2.33. The highest BCUT2D eigenvalue weighted by molar-refractivity contribution is 6.07. The molecule has 1 heterocycles. The van der Waals surface area contributed by atoms with Crippen LogP contribution in [0.25, 0.3) is 21.7 Å². The van der Waals surface area contributed by atoms with Crippen LogP contribution in [0.3, 0.4) is 0 Å². The van der Waals surface area contributed by atoms with E-state index in [9.17, 15) is 9.59 Å². The predicted octanol–water partition coefficient (Wildman–Crippen LogP) is 4.74. The van der Waals surface area contributed by atoms with Crippen molar-refractivity contribution >= 4 is 27.6 Å². The summed E-state index contributed by atoms with van der Waals surface area (Å²) in [7, 11) is 0. The minimum Gasteiger partial charge on any atom is -0.422 e. The van der Waals surface area contributed by atoms with Crippen molar-refractivity contribution in [1.29, 1.82) is 0 Å². The minimum absolute atomic E-state index is 0.140. The molecule has 134 valence electrons. The molecule has 1 aliphatic carbocycles. The molecule has 0 aliphatic heterocycles. The second-order valence-electron chi connectivity index (χ2n) is 7.03. The number of fused-ring (bicyclic) bond motifs is 3. The summed E-state index contributed by atoms with van der Waals surface area (Å²) in [4.78, 5) is 27.5. The fourth-order valence-corrected chi connectivity index (χ4v) is 4.14. The number of benzene rings is 2. The molecule has 1 amide bonds. The Kier molecular flexibility index (Phi) is 4.49. The number of nitrogens with zero attached hydrogens (tertiary/aromatic N) is 1. The largest absolute Gasteiger partial charge is 0.422 e. The van der Waals surface area contributed by atoms with Gasteiger partial charge in [0.2, 0.25) is 0 Å². The maximum atomic E-state index is 13.1. The average molecular weight is 349 g/mol. The summed E-state index contributed by atoms with van der Waals surface area (Å²) in [6.07, 6.45) is 5.55. The molecule has 26 heavy (non-hydrogen) atoms. The van der Waals surface area contributed by atoms with Crippen molar-refractivity contribution in [3.63, 3.8) is 0 Å². The van der Waals surface area contributed by atoms with Crippen LogP contribution in [0.4, 0.5) is 0 Å². The summed E-state index contributed by atoms with van der Waals surface area (Å²) in [5.41, 5.74) is 0.110. The van der Waals surface area contributed by atoms with Gasteiger partial charge in [-0.2, -0.15) is 0 Å². The summed E-state index contributed by atoms with van der Waals surface area (Å²) >= 11 is 0. The highest BCUT2D eigenvalue weighted by atomic mass is 16.4. The Morgan fingerprint density at radius 2 is 1.85 bits per heavy atom. The van der Waals surface area contributed by atoms with E-state index in [0.29, 0.717) is 12.1 Å². The van der Waals surface area contributed by atoms with Gasteiger partial charge in [-0.15, -0.1) is 0 Å². The smallest absolute Gasteiger partial charge is 0.349 e. The maximum absolute atomic E-state index is 13.1. The summed E-state index contributed by atoms with van der Waals surface area (Å²) in [5, 5.41) is 2.86. The van der Waals surface area contributed by atoms with Crippen molar-refractivity contribution in [2.24, 2.45) is 0 Å².